The van der Waals surface area contributed by atoms with Crippen LogP contribution in [0.25, 0.3) is 0 Å². The lowest BCUT2D eigenvalue weighted by molar-refractivity contribution is -0.0460. The number of sulfonamides is 1. The second kappa shape index (κ2) is 7.73. The van der Waals surface area contributed by atoms with Crippen molar-refractivity contribution in [2.45, 2.75) is 18.9 Å². The van der Waals surface area contributed by atoms with E-state index in [-0.39, 0.29) is 12.3 Å². The molecule has 1 atom stereocenters. The Morgan fingerprint density at radius 3 is 2.40 bits per heavy atom. The maximum absolute atomic E-state index is 12.0. The zero-order valence-corrected chi connectivity index (χ0v) is 13.1. The van der Waals surface area contributed by atoms with Crippen LogP contribution in [0.1, 0.15) is 12.5 Å². The molecule has 0 heterocycles. The average Bonchev–Trinajstić information content (AvgIpc) is 2.45. The van der Waals surface area contributed by atoms with Gasteiger partial charge in [-0.15, -0.1) is 0 Å². The van der Waals surface area contributed by atoms with Crippen LogP contribution in [0.2, 0.25) is 0 Å². The minimum Gasteiger partial charge on any atom is -0.382 e. The Kier molecular flexibility index (Phi) is 6.61. The van der Waals surface area contributed by atoms with Gasteiger partial charge >= 0.3 is 0 Å². The molecule has 0 saturated carbocycles. The molecule has 0 radical (unpaired) electrons. The smallest absolute Gasteiger partial charge is 0.212 e. The van der Waals surface area contributed by atoms with Crippen molar-refractivity contribution in [3.63, 3.8) is 0 Å². The summed E-state index contributed by atoms with van der Waals surface area (Å²) in [5.41, 5.74) is 0.346. The maximum Gasteiger partial charge on any atom is 0.212 e. The highest BCUT2D eigenvalue weighted by molar-refractivity contribution is 7.89. The largest absolute Gasteiger partial charge is 0.382 e. The summed E-state index contributed by atoms with van der Waals surface area (Å²) >= 11 is 0. The van der Waals surface area contributed by atoms with E-state index in [1.54, 1.807) is 14.0 Å². The summed E-state index contributed by atoms with van der Waals surface area (Å²) in [6, 6.07) is 9.54. The first-order chi connectivity index (χ1) is 9.41. The highest BCUT2D eigenvalue weighted by atomic mass is 32.2. The third kappa shape index (κ3) is 6.00. The number of methoxy groups -OCH3 is 2. The van der Waals surface area contributed by atoms with E-state index >= 15 is 0 Å². The summed E-state index contributed by atoms with van der Waals surface area (Å²) in [5.74, 6) is 0.0593. The van der Waals surface area contributed by atoms with Gasteiger partial charge in [-0.1, -0.05) is 30.3 Å². The molecule has 1 aromatic rings. The molecule has 0 bridgehead atoms. The van der Waals surface area contributed by atoms with Crippen LogP contribution in [0.4, 0.5) is 0 Å². The summed E-state index contributed by atoms with van der Waals surface area (Å²) < 4.78 is 36.8. The van der Waals surface area contributed by atoms with E-state index in [9.17, 15) is 8.42 Å². The van der Waals surface area contributed by atoms with Crippen molar-refractivity contribution in [2.75, 3.05) is 33.1 Å². The van der Waals surface area contributed by atoms with E-state index in [0.29, 0.717) is 13.0 Å². The predicted octanol–water partition coefficient (Wildman–Crippen LogP) is 1.20. The van der Waals surface area contributed by atoms with Gasteiger partial charge in [-0.05, 0) is 18.9 Å². The number of hydrogen-bond donors (Lipinski definition) is 1. The SMILES string of the molecule is COC[C@@](C)(CNS(=O)(=O)CCc1ccccc1)OC. The van der Waals surface area contributed by atoms with E-state index in [4.69, 9.17) is 9.47 Å². The normalized spacial score (nSPS) is 14.9. The van der Waals surface area contributed by atoms with Crippen LogP contribution in [0, 0.1) is 0 Å². The van der Waals surface area contributed by atoms with Crippen LogP contribution < -0.4 is 4.72 Å². The van der Waals surface area contributed by atoms with Crippen LogP contribution in [0.5, 0.6) is 0 Å². The first-order valence-electron chi connectivity index (χ1n) is 6.46. The number of aryl methyl sites for hydroxylation is 1. The van der Waals surface area contributed by atoms with Gasteiger partial charge in [0.15, 0.2) is 0 Å². The Morgan fingerprint density at radius 2 is 1.85 bits per heavy atom. The molecule has 0 aromatic heterocycles. The van der Waals surface area contributed by atoms with Gasteiger partial charge in [-0.3, -0.25) is 0 Å². The summed E-state index contributed by atoms with van der Waals surface area (Å²) in [5, 5.41) is 0. The molecular formula is C14H23NO4S. The quantitative estimate of drug-likeness (QED) is 0.744. The van der Waals surface area contributed by atoms with Crippen LogP contribution in [-0.4, -0.2) is 47.1 Å². The Bertz CT molecular complexity index is 489. The zero-order valence-electron chi connectivity index (χ0n) is 12.3. The Balaban J connectivity index is 2.49. The highest BCUT2D eigenvalue weighted by Crippen LogP contribution is 2.09. The van der Waals surface area contributed by atoms with Gasteiger partial charge < -0.3 is 9.47 Å². The Labute approximate surface area is 121 Å². The topological polar surface area (TPSA) is 64.6 Å². The van der Waals surface area contributed by atoms with Gasteiger partial charge in [-0.25, -0.2) is 13.1 Å². The number of rotatable bonds is 9. The minimum absolute atomic E-state index is 0.0593. The molecule has 0 saturated heterocycles. The predicted molar refractivity (Wildman–Crippen MR) is 79.2 cm³/mol. The summed E-state index contributed by atoms with van der Waals surface area (Å²) in [7, 11) is -0.231. The third-order valence-electron chi connectivity index (χ3n) is 3.11. The summed E-state index contributed by atoms with van der Waals surface area (Å²) in [6.45, 7) is 2.31. The van der Waals surface area contributed by atoms with E-state index in [1.807, 2.05) is 30.3 Å². The lowest BCUT2D eigenvalue weighted by Crippen LogP contribution is -2.46. The zero-order chi connectivity index (χ0) is 15.1. The van der Waals surface area contributed by atoms with Crippen LogP contribution in [0.15, 0.2) is 30.3 Å². The number of hydrogen-bond acceptors (Lipinski definition) is 4. The van der Waals surface area contributed by atoms with E-state index < -0.39 is 15.6 Å². The molecule has 0 spiro atoms. The van der Waals surface area contributed by atoms with Gasteiger partial charge in [-0.2, -0.15) is 0 Å². The monoisotopic (exact) mass is 301 g/mol. The molecule has 1 N–H and O–H groups in total. The van der Waals surface area contributed by atoms with Crippen LogP contribution in [-0.2, 0) is 25.9 Å². The van der Waals surface area contributed by atoms with Gasteiger partial charge in [0.25, 0.3) is 0 Å². The molecule has 0 aliphatic heterocycles. The van der Waals surface area contributed by atoms with E-state index in [2.05, 4.69) is 4.72 Å². The minimum atomic E-state index is -3.33. The van der Waals surface area contributed by atoms with E-state index in [0.717, 1.165) is 5.56 Å². The molecule has 0 amide bonds. The van der Waals surface area contributed by atoms with E-state index in [1.165, 1.54) is 7.11 Å². The Morgan fingerprint density at radius 1 is 1.20 bits per heavy atom. The fraction of sp³-hybridized carbons (Fsp3) is 0.571. The molecule has 1 aromatic carbocycles. The molecule has 5 nitrogen and oxygen atoms in total. The van der Waals surface area contributed by atoms with Crippen molar-refractivity contribution in [2.24, 2.45) is 0 Å². The molecule has 20 heavy (non-hydrogen) atoms. The van der Waals surface area contributed by atoms with Crippen LogP contribution >= 0.6 is 0 Å². The molecule has 1 rings (SSSR count). The number of nitrogens with one attached hydrogen (secondary N) is 1. The average molecular weight is 301 g/mol. The van der Waals surface area contributed by atoms with Crippen molar-refractivity contribution in [1.82, 2.24) is 4.72 Å². The van der Waals surface area contributed by atoms with Gasteiger partial charge in [0, 0.05) is 20.8 Å². The molecule has 114 valence electrons. The van der Waals surface area contributed by atoms with Crippen molar-refractivity contribution in [1.29, 1.82) is 0 Å². The standard InChI is InChI=1S/C14H23NO4S/c1-14(19-3,12-18-2)11-15-20(16,17)10-9-13-7-5-4-6-8-13/h4-8,15H,9-12H2,1-3H3/t14-/m1/s1. The Hall–Kier alpha value is -0.950. The third-order valence-corrected chi connectivity index (χ3v) is 4.44. The summed E-state index contributed by atoms with van der Waals surface area (Å²) in [6.07, 6.45) is 0.490. The summed E-state index contributed by atoms with van der Waals surface area (Å²) in [4.78, 5) is 0. The fourth-order valence-corrected chi connectivity index (χ4v) is 2.89. The number of benzene rings is 1. The second-order valence-electron chi connectivity index (χ2n) is 4.96. The molecule has 6 heteroatoms. The van der Waals surface area contributed by atoms with Crippen LogP contribution in [0.3, 0.4) is 0 Å². The van der Waals surface area contributed by atoms with Gasteiger partial charge in [0.1, 0.15) is 5.60 Å². The van der Waals surface area contributed by atoms with Crippen molar-refractivity contribution in [3.05, 3.63) is 35.9 Å². The second-order valence-corrected chi connectivity index (χ2v) is 6.89. The first kappa shape index (κ1) is 17.1. The molecule has 0 fully saturated rings. The fourth-order valence-electron chi connectivity index (χ4n) is 1.72. The highest BCUT2D eigenvalue weighted by Gasteiger charge is 2.25. The number of ether oxygens (including phenoxy) is 2. The molecule has 0 unspecified atom stereocenters. The van der Waals surface area contributed by atoms with Gasteiger partial charge in [0.05, 0.1) is 12.4 Å². The molecule has 0 aliphatic carbocycles. The van der Waals surface area contributed by atoms with Crippen molar-refractivity contribution in [3.8, 4) is 0 Å². The maximum atomic E-state index is 12.0. The van der Waals surface area contributed by atoms with Gasteiger partial charge in [0.2, 0.25) is 10.0 Å². The first-order valence-corrected chi connectivity index (χ1v) is 8.11. The van der Waals surface area contributed by atoms with Crippen molar-refractivity contribution >= 4 is 10.0 Å². The lowest BCUT2D eigenvalue weighted by Gasteiger charge is -2.27. The molecule has 0 aliphatic rings. The lowest BCUT2D eigenvalue weighted by atomic mass is 10.1. The van der Waals surface area contributed by atoms with Crippen molar-refractivity contribution < 1.29 is 17.9 Å². The molecular weight excluding hydrogens is 278 g/mol.